The van der Waals surface area contributed by atoms with Gasteiger partial charge in [0, 0.05) is 17.8 Å². The molecule has 0 bridgehead atoms. The van der Waals surface area contributed by atoms with Gasteiger partial charge in [0.2, 0.25) is 5.88 Å². The number of nitrogens with zero attached hydrogens (tertiary/aromatic N) is 3. The molecule has 2 heterocycles. The molecule has 0 radical (unpaired) electrons. The van der Waals surface area contributed by atoms with E-state index >= 15 is 0 Å². The first-order chi connectivity index (χ1) is 13.0. The number of carbonyl (C=O) groups excluding carboxylic acids is 1. The van der Waals surface area contributed by atoms with Crippen molar-refractivity contribution in [3.63, 3.8) is 0 Å². The maximum absolute atomic E-state index is 11.7. The van der Waals surface area contributed by atoms with Crippen LogP contribution in [-0.4, -0.2) is 35.0 Å². The molecule has 0 saturated carbocycles. The zero-order chi connectivity index (χ0) is 19.4. The van der Waals surface area contributed by atoms with Crippen LogP contribution in [0.4, 0.5) is 5.82 Å². The largest absolute Gasteiger partial charge is 0.480 e. The third kappa shape index (κ3) is 3.76. The fourth-order valence-electron chi connectivity index (χ4n) is 2.89. The van der Waals surface area contributed by atoms with E-state index in [2.05, 4.69) is 15.4 Å². The number of nitrogens with one attached hydrogen (secondary N) is 1. The van der Waals surface area contributed by atoms with Crippen LogP contribution in [0.15, 0.2) is 42.5 Å². The molecule has 0 amide bonds. The predicted molar refractivity (Wildman–Crippen MR) is 102 cm³/mol. The van der Waals surface area contributed by atoms with Gasteiger partial charge in [0.25, 0.3) is 0 Å². The first-order valence-electron chi connectivity index (χ1n) is 8.53. The molecule has 0 aliphatic rings. The third-order valence-electron chi connectivity index (χ3n) is 4.35. The van der Waals surface area contributed by atoms with Gasteiger partial charge in [0.15, 0.2) is 0 Å². The van der Waals surface area contributed by atoms with Crippen LogP contribution in [-0.2, 0) is 11.3 Å². The van der Waals surface area contributed by atoms with Gasteiger partial charge in [-0.3, -0.25) is 0 Å². The van der Waals surface area contributed by atoms with E-state index in [1.807, 2.05) is 48.9 Å². The normalized spacial score (nSPS) is 10.5. The van der Waals surface area contributed by atoms with Crippen molar-refractivity contribution >= 4 is 11.8 Å². The second-order valence-electron chi connectivity index (χ2n) is 6.00. The molecule has 2 aromatic heterocycles. The van der Waals surface area contributed by atoms with Crippen molar-refractivity contribution in [3.8, 4) is 11.6 Å². The second-order valence-corrected chi connectivity index (χ2v) is 6.00. The number of hydrogen-bond donors (Lipinski definition) is 1. The Balaban J connectivity index is 1.81. The molecule has 1 N–H and O–H groups in total. The Kier molecular flexibility index (Phi) is 5.40. The highest BCUT2D eigenvalue weighted by Crippen LogP contribution is 2.22. The lowest BCUT2D eigenvalue weighted by Crippen LogP contribution is -2.08. The molecular weight excluding hydrogens is 344 g/mol. The van der Waals surface area contributed by atoms with Crippen molar-refractivity contribution < 1.29 is 14.3 Å². The zero-order valence-electron chi connectivity index (χ0n) is 15.8. The summed E-state index contributed by atoms with van der Waals surface area (Å²) in [4.78, 5) is 16.1. The molecule has 0 saturated heterocycles. The molecule has 1 aromatic carbocycles. The predicted octanol–water partition coefficient (Wildman–Crippen LogP) is 3.29. The first kappa shape index (κ1) is 18.4. The number of para-hydroxylation sites is 1. The van der Waals surface area contributed by atoms with E-state index in [4.69, 9.17) is 9.47 Å². The van der Waals surface area contributed by atoms with Gasteiger partial charge in [-0.2, -0.15) is 10.1 Å². The number of aryl methyl sites for hydroxylation is 1. The number of esters is 1. The highest BCUT2D eigenvalue weighted by Gasteiger charge is 2.16. The molecule has 3 rings (SSSR count). The van der Waals surface area contributed by atoms with Gasteiger partial charge in [-0.15, -0.1) is 0 Å². The van der Waals surface area contributed by atoms with Crippen LogP contribution < -0.4 is 10.1 Å². The van der Waals surface area contributed by atoms with Crippen molar-refractivity contribution in [1.29, 1.82) is 0 Å². The molecule has 27 heavy (non-hydrogen) atoms. The average molecular weight is 366 g/mol. The highest BCUT2D eigenvalue weighted by molar-refractivity contribution is 5.92. The van der Waals surface area contributed by atoms with Crippen LogP contribution >= 0.6 is 0 Å². The van der Waals surface area contributed by atoms with Gasteiger partial charge >= 0.3 is 5.97 Å². The Labute approximate surface area is 158 Å². The van der Waals surface area contributed by atoms with Crippen LogP contribution in [0, 0.1) is 13.8 Å². The zero-order valence-corrected chi connectivity index (χ0v) is 15.8. The molecule has 0 aliphatic carbocycles. The summed E-state index contributed by atoms with van der Waals surface area (Å²) < 4.78 is 11.9. The standard InChI is InChI=1S/C20H22N4O3/c1-13-17(14(2)24(23-13)15-8-6-5-7-9-15)12-21-18-11-10-16(20(25)27-4)19(22-18)26-3/h5-11H,12H2,1-4H3,(H,21,22). The van der Waals surface area contributed by atoms with E-state index in [-0.39, 0.29) is 11.4 Å². The summed E-state index contributed by atoms with van der Waals surface area (Å²) in [6.07, 6.45) is 0. The summed E-state index contributed by atoms with van der Waals surface area (Å²) in [6, 6.07) is 13.4. The van der Waals surface area contributed by atoms with Gasteiger partial charge in [0.1, 0.15) is 11.4 Å². The summed E-state index contributed by atoms with van der Waals surface area (Å²) in [6.45, 7) is 4.58. The Hall–Kier alpha value is -3.35. The van der Waals surface area contributed by atoms with E-state index in [0.29, 0.717) is 12.4 Å². The van der Waals surface area contributed by atoms with Crippen LogP contribution in [0.2, 0.25) is 0 Å². The van der Waals surface area contributed by atoms with Gasteiger partial charge in [0.05, 0.1) is 25.6 Å². The number of aromatic nitrogens is 3. The van der Waals surface area contributed by atoms with Gasteiger partial charge < -0.3 is 14.8 Å². The van der Waals surface area contributed by atoms with E-state index in [0.717, 1.165) is 22.6 Å². The highest BCUT2D eigenvalue weighted by atomic mass is 16.5. The fraction of sp³-hybridized carbons (Fsp3) is 0.250. The van der Waals surface area contributed by atoms with Gasteiger partial charge in [-0.05, 0) is 38.1 Å². The number of benzene rings is 1. The Morgan fingerprint density at radius 1 is 1.11 bits per heavy atom. The molecule has 0 unspecified atom stereocenters. The smallest absolute Gasteiger partial charge is 0.343 e. The minimum absolute atomic E-state index is 0.222. The Morgan fingerprint density at radius 3 is 2.52 bits per heavy atom. The average Bonchev–Trinajstić information content (AvgIpc) is 2.99. The number of methoxy groups -OCH3 is 2. The molecule has 0 aliphatic heterocycles. The monoisotopic (exact) mass is 366 g/mol. The molecule has 7 heteroatoms. The lowest BCUT2D eigenvalue weighted by atomic mass is 10.2. The molecule has 0 atom stereocenters. The molecule has 3 aromatic rings. The van der Waals surface area contributed by atoms with Crippen LogP contribution in [0.1, 0.15) is 27.3 Å². The second kappa shape index (κ2) is 7.90. The number of hydrogen-bond acceptors (Lipinski definition) is 6. The van der Waals surface area contributed by atoms with Crippen LogP contribution in [0.5, 0.6) is 5.88 Å². The first-order valence-corrected chi connectivity index (χ1v) is 8.53. The topological polar surface area (TPSA) is 78.3 Å². The Morgan fingerprint density at radius 2 is 1.85 bits per heavy atom. The van der Waals surface area contributed by atoms with Gasteiger partial charge in [-0.25, -0.2) is 9.48 Å². The summed E-state index contributed by atoms with van der Waals surface area (Å²) in [7, 11) is 2.79. The van der Waals surface area contributed by atoms with E-state index < -0.39 is 5.97 Å². The SMILES string of the molecule is COC(=O)c1ccc(NCc2c(C)nn(-c3ccccc3)c2C)nc1OC. The maximum Gasteiger partial charge on any atom is 0.343 e. The van der Waals surface area contributed by atoms with Crippen LogP contribution in [0.25, 0.3) is 5.69 Å². The maximum atomic E-state index is 11.7. The summed E-state index contributed by atoms with van der Waals surface area (Å²) in [5.74, 6) is 0.341. The van der Waals surface area contributed by atoms with Crippen molar-refractivity contribution in [2.24, 2.45) is 0 Å². The molecular formula is C20H22N4O3. The van der Waals surface area contributed by atoms with Crippen molar-refractivity contribution in [2.75, 3.05) is 19.5 Å². The number of ether oxygens (including phenoxy) is 2. The summed E-state index contributed by atoms with van der Waals surface area (Å²) in [5, 5.41) is 7.91. The lowest BCUT2D eigenvalue weighted by Gasteiger charge is -2.10. The quantitative estimate of drug-likeness (QED) is 0.675. The van der Waals surface area contributed by atoms with Crippen molar-refractivity contribution in [2.45, 2.75) is 20.4 Å². The number of rotatable bonds is 6. The number of pyridine rings is 1. The molecule has 140 valence electrons. The number of anilines is 1. The van der Waals surface area contributed by atoms with Gasteiger partial charge in [-0.1, -0.05) is 18.2 Å². The minimum atomic E-state index is -0.485. The number of carbonyl (C=O) groups is 1. The third-order valence-corrected chi connectivity index (χ3v) is 4.35. The molecule has 7 nitrogen and oxygen atoms in total. The lowest BCUT2D eigenvalue weighted by molar-refractivity contribution is 0.0596. The van der Waals surface area contributed by atoms with E-state index in [1.165, 1.54) is 14.2 Å². The summed E-state index contributed by atoms with van der Waals surface area (Å²) >= 11 is 0. The minimum Gasteiger partial charge on any atom is -0.480 e. The van der Waals surface area contributed by atoms with E-state index in [9.17, 15) is 4.79 Å². The fourth-order valence-corrected chi connectivity index (χ4v) is 2.89. The van der Waals surface area contributed by atoms with Crippen LogP contribution in [0.3, 0.4) is 0 Å². The van der Waals surface area contributed by atoms with Crippen molar-refractivity contribution in [3.05, 3.63) is 65.0 Å². The van der Waals surface area contributed by atoms with E-state index in [1.54, 1.807) is 12.1 Å². The molecule has 0 fully saturated rings. The van der Waals surface area contributed by atoms with Crippen molar-refractivity contribution in [1.82, 2.24) is 14.8 Å². The molecule has 0 spiro atoms. The summed E-state index contributed by atoms with van der Waals surface area (Å²) in [5.41, 5.74) is 4.41. The Bertz CT molecular complexity index is 951.